The third-order valence-corrected chi connectivity index (χ3v) is 6.35. The summed E-state index contributed by atoms with van der Waals surface area (Å²) >= 11 is 0. The second kappa shape index (κ2) is 86.9. The van der Waals surface area contributed by atoms with Gasteiger partial charge in [-0.05, 0) is 57.1 Å². The molecule has 7 rings (SSSR count). The molecule has 83 heavy (non-hydrogen) atoms. The topological polar surface area (TPSA) is 273 Å². The van der Waals surface area contributed by atoms with Crippen LogP contribution in [0, 0.1) is 55.3 Å². The largest absolute Gasteiger partial charge is 0.482 e. The van der Waals surface area contributed by atoms with E-state index in [1.165, 1.54) is 6.42 Å². The summed E-state index contributed by atoms with van der Waals surface area (Å²) in [4.78, 5) is 81.3. The number of aliphatic carboxylic acids is 3. The number of cyclic esters (lactones) is 4. The van der Waals surface area contributed by atoms with Crippen molar-refractivity contribution in [1.29, 1.82) is 0 Å². The number of hydrogen-bond acceptors (Lipinski definition) is 15. The van der Waals surface area contributed by atoms with Crippen molar-refractivity contribution in [2.75, 3.05) is 35.5 Å². The van der Waals surface area contributed by atoms with Crippen LogP contribution in [0.3, 0.4) is 0 Å². The maximum atomic E-state index is 11.2. The van der Waals surface area contributed by atoms with Gasteiger partial charge in [0.05, 0.1) is 0 Å². The standard InChI is InChI=1S/C10H8O3.2C10H8O2.2C6H5.C4H3O3.C4H2O3.4CH5OP.CH4O.CH4.5Y/c11-9(6-7-10(12)13)8-4-2-1-3-5-8;2*11-10(12)8-4-7-9-5-2-1-3-6-9;2*1-2-4-6-5-3-1;2*5-3-1-2-4(6)7-3;4*1-2-3;1-2;;;;;;/h1-4,6H,7H2,(H,12,13);2*1-3,5,7H,8H2,(H,11,12);2*1-5H;1H,2H2;1-2H;4*3H2,1H3;2H,1H3;1H4;;;;;/q3*-2;3*-1;;;;;;;;;;;;. The van der Waals surface area contributed by atoms with E-state index in [4.69, 9.17) is 20.4 Å². The van der Waals surface area contributed by atoms with Gasteiger partial charge < -0.3 is 88.2 Å². The number of benzene rings is 5. The molecule has 5 radical (unpaired) electrons. The van der Waals surface area contributed by atoms with Crippen LogP contribution in [0.25, 0.3) is 12.2 Å². The third kappa shape index (κ3) is 91.8. The van der Waals surface area contributed by atoms with Crippen LogP contribution in [0.5, 0.6) is 0 Å². The molecule has 1 saturated heterocycles. The SMILES string of the molecule is C.CO.COP.COP.COP.COP.O=C(O)C[C-]=Cc1[c-]cccc1.O=C(O)C[C-]=Cc1[c-]cccc1.O=C(O)C[CH-]C(=O)c1[c-]cccc1.O=C1C=CC(=O)O1.O=C1[CH-]CC(=O)O1.[Y].[Y].[Y].[Y].[Y].[c-]1ccccc1.[c-]1ccccc1. The molecule has 2 aliphatic heterocycles. The van der Waals surface area contributed by atoms with Gasteiger partial charge in [-0.2, -0.15) is 109 Å². The van der Waals surface area contributed by atoms with Crippen LogP contribution in [0.2, 0.25) is 0 Å². The van der Waals surface area contributed by atoms with E-state index >= 15 is 0 Å². The van der Waals surface area contributed by atoms with Gasteiger partial charge in [-0.25, -0.2) is 52.4 Å². The Morgan fingerprint density at radius 2 is 0.892 bits per heavy atom. The Labute approximate surface area is 625 Å². The number of carboxylic acid groups (broad SMARTS) is 3. The smallest absolute Gasteiger partial charge is 0.338 e. The van der Waals surface area contributed by atoms with E-state index in [1.807, 2.05) is 97.1 Å². The molecule has 5 aromatic rings. The van der Waals surface area contributed by atoms with Crippen LogP contribution in [-0.4, -0.2) is 104 Å². The molecule has 2 aliphatic rings. The Kier molecular flexibility index (Phi) is 111. The van der Waals surface area contributed by atoms with Crippen molar-refractivity contribution >= 4 is 97.6 Å². The zero-order valence-corrected chi connectivity index (χ0v) is 64.5. The Balaban J connectivity index is -0.0000000781. The average molecular weight is 1600 g/mol. The van der Waals surface area contributed by atoms with Gasteiger partial charge in [-0.15, -0.1) is 18.2 Å². The molecule has 0 saturated carbocycles. The summed E-state index contributed by atoms with van der Waals surface area (Å²) < 4.78 is 24.7. The number of hydrogen-bond donors (Lipinski definition) is 4. The molecule has 0 amide bonds. The van der Waals surface area contributed by atoms with E-state index < -0.39 is 41.8 Å². The number of Topliss-reactive ketones (excluding diaryl/α,β-unsaturated/α-hetero) is 1. The van der Waals surface area contributed by atoms with Gasteiger partial charge in [-0.3, -0.25) is 36.0 Å². The Morgan fingerprint density at radius 3 is 1.08 bits per heavy atom. The molecule has 0 aliphatic carbocycles. The van der Waals surface area contributed by atoms with Crippen molar-refractivity contribution in [2.45, 2.75) is 33.1 Å². The van der Waals surface area contributed by atoms with Crippen molar-refractivity contribution in [1.82, 2.24) is 0 Å². The first kappa shape index (κ1) is 106. The van der Waals surface area contributed by atoms with Gasteiger partial charge in [-0.1, -0.05) is 19.6 Å². The predicted octanol–water partition coefficient (Wildman–Crippen LogP) is 9.09. The number of rotatable bonds is 10. The zero-order chi connectivity index (χ0) is 59.2. The number of esters is 4. The van der Waals surface area contributed by atoms with E-state index in [1.54, 1.807) is 77.0 Å². The van der Waals surface area contributed by atoms with Crippen molar-refractivity contribution < 1.29 is 250 Å². The molecule has 1 fully saturated rings. The van der Waals surface area contributed by atoms with Crippen molar-refractivity contribution in [2.24, 2.45) is 0 Å². The van der Waals surface area contributed by atoms with E-state index in [0.717, 1.165) is 36.8 Å². The number of carboxylic acids is 3. The number of ketones is 1. The number of aliphatic hydroxyl groups is 1. The molecule has 18 nitrogen and oxygen atoms in total. The summed E-state index contributed by atoms with van der Waals surface area (Å²) in [5, 5.41) is 31.9. The molecule has 0 spiro atoms. The predicted molar refractivity (Wildman–Crippen MR) is 309 cm³/mol. The van der Waals surface area contributed by atoms with E-state index in [0.29, 0.717) is 5.56 Å². The van der Waals surface area contributed by atoms with Gasteiger partial charge in [0, 0.05) is 211 Å². The fourth-order valence-electron chi connectivity index (χ4n) is 3.68. The summed E-state index contributed by atoms with van der Waals surface area (Å²) in [5.74, 6) is -5.19. The van der Waals surface area contributed by atoms with Crippen LogP contribution in [0.1, 0.15) is 54.6 Å². The summed E-state index contributed by atoms with van der Waals surface area (Å²) in [7, 11) is 15.7. The minimum Gasteiger partial charge on any atom is -0.482 e. The van der Waals surface area contributed by atoms with Crippen molar-refractivity contribution in [3.05, 3.63) is 218 Å². The van der Waals surface area contributed by atoms with Gasteiger partial charge in [0.2, 0.25) is 0 Å². The maximum absolute atomic E-state index is 11.2. The number of carbonyl (C=O) groups excluding carboxylic acids is 5. The quantitative estimate of drug-likeness (QED) is 0.0334. The van der Waals surface area contributed by atoms with Gasteiger partial charge in [0.15, 0.2) is 5.97 Å². The zero-order valence-electron chi connectivity index (χ0n) is 45.7. The number of aliphatic hydroxyl groups excluding tert-OH is 1. The Bertz CT molecular complexity index is 2130. The van der Waals surface area contributed by atoms with E-state index in [2.05, 4.69) is 108 Å². The molecule has 27 heteroatoms. The summed E-state index contributed by atoms with van der Waals surface area (Å²) in [5.41, 5.74) is 2.08. The molecule has 4 atom stereocenters. The Morgan fingerprint density at radius 1 is 0.554 bits per heavy atom. The third-order valence-electron chi connectivity index (χ3n) is 6.35. The molecule has 0 aromatic heterocycles. The van der Waals surface area contributed by atoms with Crippen molar-refractivity contribution in [3.8, 4) is 0 Å². The van der Waals surface area contributed by atoms with Crippen molar-refractivity contribution in [3.63, 3.8) is 0 Å². The Hall–Kier alpha value is -1.54. The molecule has 4 unspecified atom stereocenters. The first-order valence-electron chi connectivity index (χ1n) is 21.3. The van der Waals surface area contributed by atoms with Gasteiger partial charge in [0.25, 0.3) is 23.9 Å². The molecule has 2 heterocycles. The minimum absolute atomic E-state index is 0. The van der Waals surface area contributed by atoms with E-state index in [9.17, 15) is 38.4 Å². The first-order chi connectivity index (χ1) is 37.0. The van der Waals surface area contributed by atoms with Crippen LogP contribution in [0.4, 0.5) is 0 Å². The molecule has 0 bridgehead atoms. The second-order valence-corrected chi connectivity index (χ2v) is 14.2. The molecular formula is C56H67O18P4Y5-9. The fraction of sp³-hybridized carbons (Fsp3) is 0.179. The summed E-state index contributed by atoms with van der Waals surface area (Å²) in [6, 6.07) is 54.9. The van der Waals surface area contributed by atoms with Gasteiger partial charge in [0.1, 0.15) is 0 Å². The molecule has 4 N–H and O–H groups in total. The minimum atomic E-state index is -1.01. The monoisotopic (exact) mass is 1600 g/mol. The molecule has 443 valence electrons. The van der Waals surface area contributed by atoms with Crippen LogP contribution in [-0.2, 0) is 225 Å². The second-order valence-electron chi connectivity index (χ2n) is 12.3. The molecule has 5 aromatic carbocycles. The molecular weight excluding hydrogens is 1530 g/mol. The van der Waals surface area contributed by atoms with Crippen LogP contribution < -0.4 is 0 Å². The fourth-order valence-corrected chi connectivity index (χ4v) is 3.68. The number of carbonyl (C=O) groups is 8. The van der Waals surface area contributed by atoms with Crippen LogP contribution in [0.15, 0.2) is 146 Å². The number of ether oxygens (including phenoxy) is 2. The summed E-state index contributed by atoms with van der Waals surface area (Å²) in [6.45, 7) is 0. The average Bonchev–Trinajstić information content (AvgIpc) is 4.02. The normalized spacial score (nSPS) is 9.61. The van der Waals surface area contributed by atoms with Gasteiger partial charge >= 0.3 is 11.9 Å². The maximum Gasteiger partial charge on any atom is 0.338 e. The van der Waals surface area contributed by atoms with Crippen LogP contribution >= 0.6 is 37.9 Å². The summed E-state index contributed by atoms with van der Waals surface area (Å²) in [6.07, 6.45) is 12.8. The van der Waals surface area contributed by atoms with E-state index in [-0.39, 0.29) is 202 Å². The first-order valence-corrected chi connectivity index (χ1v) is 23.2.